The normalized spacial score (nSPS) is 14.5. The first kappa shape index (κ1) is 24.2. The molecule has 1 aliphatic heterocycles. The van der Waals surface area contributed by atoms with E-state index in [1.165, 1.54) is 15.2 Å². The first-order valence-electron chi connectivity index (χ1n) is 12.3. The number of nitrogens with one attached hydrogen (secondary N) is 1. The monoisotopic (exact) mass is 518 g/mol. The summed E-state index contributed by atoms with van der Waals surface area (Å²) in [5.74, 6) is 0. The number of aromatic nitrogens is 4. The topological polar surface area (TPSA) is 68.0 Å². The van der Waals surface area contributed by atoms with Crippen molar-refractivity contribution in [1.82, 2.24) is 24.4 Å². The summed E-state index contributed by atoms with van der Waals surface area (Å²) in [4.78, 5) is 24.0. The van der Waals surface area contributed by atoms with Gasteiger partial charge in [-0.15, -0.1) is 0 Å². The lowest BCUT2D eigenvalue weighted by atomic mass is 10.0. The molecule has 1 aliphatic rings. The van der Waals surface area contributed by atoms with Gasteiger partial charge in [-0.25, -0.2) is 4.79 Å². The lowest BCUT2D eigenvalue weighted by Crippen LogP contribution is -2.44. The fourth-order valence-electron chi connectivity index (χ4n) is 5.21. The smallest absolute Gasteiger partial charge is 0.368 e. The molecule has 7 nitrogen and oxygen atoms in total. The maximum Gasteiger partial charge on any atom is 0.418 e. The lowest BCUT2D eigenvalue weighted by molar-refractivity contribution is -0.137. The first-order chi connectivity index (χ1) is 18.2. The van der Waals surface area contributed by atoms with Crippen LogP contribution in [0.15, 0.2) is 65.7 Å². The van der Waals surface area contributed by atoms with Gasteiger partial charge in [-0.1, -0.05) is 6.07 Å². The molecule has 5 aromatic rings. The molecule has 1 N–H and O–H groups in total. The van der Waals surface area contributed by atoms with E-state index in [-0.39, 0.29) is 11.4 Å². The lowest BCUT2D eigenvalue weighted by Gasteiger charge is -2.31. The van der Waals surface area contributed by atoms with Crippen molar-refractivity contribution in [3.63, 3.8) is 0 Å². The van der Waals surface area contributed by atoms with Crippen LogP contribution in [0.25, 0.3) is 38.8 Å². The third-order valence-corrected chi connectivity index (χ3v) is 7.11. The number of imidazole rings is 1. The van der Waals surface area contributed by atoms with Gasteiger partial charge in [0.15, 0.2) is 0 Å². The van der Waals surface area contributed by atoms with Crippen LogP contribution in [-0.2, 0) is 13.2 Å². The molecule has 0 spiro atoms. The van der Waals surface area contributed by atoms with Crippen LogP contribution < -0.4 is 15.9 Å². The SMILES string of the molecule is Cc1cc(-c2ccc3ncc4c(c3c2)n(-c2ccc(N3CCNCC3)c(C(F)(F)F)c2)c(=O)n4C)ccn1. The van der Waals surface area contributed by atoms with E-state index < -0.39 is 17.4 Å². The van der Waals surface area contributed by atoms with Gasteiger partial charge in [0.1, 0.15) is 0 Å². The summed E-state index contributed by atoms with van der Waals surface area (Å²) in [6.45, 7) is 4.08. The van der Waals surface area contributed by atoms with E-state index >= 15 is 0 Å². The Kier molecular flexibility index (Phi) is 5.71. The fourth-order valence-corrected chi connectivity index (χ4v) is 5.21. The number of hydrogen-bond donors (Lipinski definition) is 1. The van der Waals surface area contributed by atoms with E-state index in [9.17, 15) is 18.0 Å². The zero-order valence-electron chi connectivity index (χ0n) is 20.9. The first-order valence-corrected chi connectivity index (χ1v) is 12.3. The molecule has 0 amide bonds. The Labute approximate surface area is 216 Å². The molecule has 0 atom stereocenters. The summed E-state index contributed by atoms with van der Waals surface area (Å²) in [6, 6.07) is 13.7. The second kappa shape index (κ2) is 8.98. The van der Waals surface area contributed by atoms with Crippen molar-refractivity contribution in [2.75, 3.05) is 31.1 Å². The highest BCUT2D eigenvalue weighted by Crippen LogP contribution is 2.39. The predicted octanol–water partition coefficient (Wildman–Crippen LogP) is 4.68. The summed E-state index contributed by atoms with van der Waals surface area (Å²) < 4.78 is 45.7. The third kappa shape index (κ3) is 4.01. The maximum atomic E-state index is 14.3. The number of pyridine rings is 2. The van der Waals surface area contributed by atoms with Crippen LogP contribution in [0.5, 0.6) is 0 Å². The van der Waals surface area contributed by atoms with Crippen LogP contribution in [0, 0.1) is 6.92 Å². The number of hydrogen-bond acceptors (Lipinski definition) is 5. The van der Waals surface area contributed by atoms with Crippen molar-refractivity contribution in [3.05, 3.63) is 82.7 Å². The van der Waals surface area contributed by atoms with Gasteiger partial charge in [-0.05, 0) is 60.5 Å². The number of fused-ring (bicyclic) bond motifs is 3. The van der Waals surface area contributed by atoms with Crippen LogP contribution in [0.2, 0.25) is 0 Å². The molecule has 38 heavy (non-hydrogen) atoms. The molecule has 0 unspecified atom stereocenters. The second-order valence-corrected chi connectivity index (χ2v) is 9.52. The quantitative estimate of drug-likeness (QED) is 0.376. The van der Waals surface area contributed by atoms with E-state index in [0.717, 1.165) is 22.9 Å². The van der Waals surface area contributed by atoms with Gasteiger partial charge in [-0.3, -0.25) is 19.1 Å². The molecular formula is C28H25F3N6O. The van der Waals surface area contributed by atoms with Gasteiger partial charge in [0.25, 0.3) is 0 Å². The van der Waals surface area contributed by atoms with Gasteiger partial charge in [0.05, 0.1) is 34.0 Å². The molecular weight excluding hydrogens is 493 g/mol. The molecule has 194 valence electrons. The number of rotatable bonds is 3. The molecule has 0 radical (unpaired) electrons. The molecule has 2 aromatic carbocycles. The van der Waals surface area contributed by atoms with Crippen LogP contribution in [0.4, 0.5) is 18.9 Å². The predicted molar refractivity (Wildman–Crippen MR) is 142 cm³/mol. The van der Waals surface area contributed by atoms with E-state index in [2.05, 4.69) is 15.3 Å². The Hall–Kier alpha value is -4.18. The van der Waals surface area contributed by atoms with Crippen molar-refractivity contribution in [1.29, 1.82) is 0 Å². The van der Waals surface area contributed by atoms with Crippen LogP contribution in [0.1, 0.15) is 11.3 Å². The zero-order valence-corrected chi connectivity index (χ0v) is 20.9. The second-order valence-electron chi connectivity index (χ2n) is 9.52. The molecule has 4 heterocycles. The highest BCUT2D eigenvalue weighted by Gasteiger charge is 2.36. The van der Waals surface area contributed by atoms with Crippen molar-refractivity contribution < 1.29 is 13.2 Å². The highest BCUT2D eigenvalue weighted by molar-refractivity contribution is 6.04. The van der Waals surface area contributed by atoms with Crippen molar-refractivity contribution >= 4 is 27.6 Å². The Balaban J connectivity index is 1.61. The molecule has 10 heteroatoms. The summed E-state index contributed by atoms with van der Waals surface area (Å²) >= 11 is 0. The molecule has 0 aliphatic carbocycles. The Morgan fingerprint density at radius 1 is 0.947 bits per heavy atom. The minimum Gasteiger partial charge on any atom is -0.368 e. The molecule has 1 saturated heterocycles. The minimum atomic E-state index is -4.58. The van der Waals surface area contributed by atoms with Gasteiger partial charge < -0.3 is 10.2 Å². The van der Waals surface area contributed by atoms with E-state index in [4.69, 9.17) is 0 Å². The summed E-state index contributed by atoms with van der Waals surface area (Å²) in [7, 11) is 1.60. The number of aryl methyl sites for hydroxylation is 2. The average Bonchev–Trinajstić information content (AvgIpc) is 3.18. The Morgan fingerprint density at radius 3 is 2.45 bits per heavy atom. The van der Waals surface area contributed by atoms with Crippen LogP contribution >= 0.6 is 0 Å². The summed E-state index contributed by atoms with van der Waals surface area (Å²) in [5, 5.41) is 3.84. The highest BCUT2D eigenvalue weighted by atomic mass is 19.4. The molecule has 6 rings (SSSR count). The zero-order chi connectivity index (χ0) is 26.6. The number of alkyl halides is 3. The van der Waals surface area contributed by atoms with Crippen LogP contribution in [0.3, 0.4) is 0 Å². The minimum absolute atomic E-state index is 0.123. The summed E-state index contributed by atoms with van der Waals surface area (Å²) in [6.07, 6.45) is -1.27. The van der Waals surface area contributed by atoms with Crippen molar-refractivity contribution in [3.8, 4) is 16.8 Å². The molecule has 0 saturated carbocycles. The molecule has 1 fully saturated rings. The van der Waals surface area contributed by atoms with Crippen molar-refractivity contribution in [2.24, 2.45) is 7.05 Å². The Bertz CT molecular complexity index is 1750. The largest absolute Gasteiger partial charge is 0.418 e. The average molecular weight is 519 g/mol. The number of halogens is 3. The van der Waals surface area contributed by atoms with E-state index in [1.807, 2.05) is 37.3 Å². The number of anilines is 1. The van der Waals surface area contributed by atoms with Gasteiger partial charge in [0.2, 0.25) is 0 Å². The standard InChI is InChI=1S/C28H25F3N6O/c1-17-13-19(7-8-33-17)18-3-5-23-21(14-18)26-25(16-34-23)35(2)27(38)37(26)20-4-6-24(22(15-20)28(29,30)31)36-11-9-32-10-12-36/h3-8,13-16,32H,9-12H2,1-2H3. The Morgan fingerprint density at radius 2 is 1.71 bits per heavy atom. The van der Waals surface area contributed by atoms with Crippen molar-refractivity contribution in [2.45, 2.75) is 13.1 Å². The molecule has 0 bridgehead atoms. The van der Waals surface area contributed by atoms with Gasteiger partial charge in [-0.2, -0.15) is 13.2 Å². The van der Waals surface area contributed by atoms with Crippen LogP contribution in [-0.4, -0.2) is 45.3 Å². The van der Waals surface area contributed by atoms with E-state index in [0.29, 0.717) is 48.1 Å². The fraction of sp³-hybridized carbons (Fsp3) is 0.250. The number of benzene rings is 2. The summed E-state index contributed by atoms with van der Waals surface area (Å²) in [5.41, 5.74) is 3.46. The van der Waals surface area contributed by atoms with E-state index in [1.54, 1.807) is 30.4 Å². The maximum absolute atomic E-state index is 14.3. The van der Waals surface area contributed by atoms with Gasteiger partial charge >= 0.3 is 11.9 Å². The van der Waals surface area contributed by atoms with Gasteiger partial charge in [0, 0.05) is 56.2 Å². The molecule has 3 aromatic heterocycles. The number of piperazine rings is 1. The number of nitrogens with zero attached hydrogens (tertiary/aromatic N) is 5. The third-order valence-electron chi connectivity index (χ3n) is 7.11.